The van der Waals surface area contributed by atoms with Crippen molar-refractivity contribution in [3.8, 4) is 0 Å². The normalized spacial score (nSPS) is 21.0. The van der Waals surface area contributed by atoms with Crippen molar-refractivity contribution in [1.29, 1.82) is 0 Å². The second kappa shape index (κ2) is 5.48. The summed E-state index contributed by atoms with van der Waals surface area (Å²) in [6, 6.07) is 0.263. The molecule has 1 atom stereocenters. The molecule has 1 aliphatic heterocycles. The minimum Gasteiger partial charge on any atom is -0.465 e. The van der Waals surface area contributed by atoms with Gasteiger partial charge in [0.05, 0.1) is 0 Å². The fraction of sp³-hybridized carbons (Fsp3) is 0.692. The van der Waals surface area contributed by atoms with Gasteiger partial charge in [-0.1, -0.05) is 0 Å². The van der Waals surface area contributed by atoms with Crippen LogP contribution in [0.1, 0.15) is 23.5 Å². The summed E-state index contributed by atoms with van der Waals surface area (Å²) < 4.78 is 32.6. The topological polar surface area (TPSA) is 79.8 Å². The number of nitrogens with two attached hydrogens (primary N) is 1. The quantitative estimate of drug-likeness (QED) is 0.884. The lowest BCUT2D eigenvalue weighted by Gasteiger charge is -2.20. The van der Waals surface area contributed by atoms with Crippen LogP contribution in [0.2, 0.25) is 0 Å². The average Bonchev–Trinajstić information content (AvgIpc) is 2.93. The zero-order valence-electron chi connectivity index (χ0n) is 12.5. The predicted molar refractivity (Wildman–Crippen MR) is 76.9 cm³/mol. The second-order valence-electron chi connectivity index (χ2n) is 5.50. The monoisotopic (exact) mass is 301 g/mol. The summed E-state index contributed by atoms with van der Waals surface area (Å²) >= 11 is 0. The fourth-order valence-corrected chi connectivity index (χ4v) is 4.68. The fourth-order valence-electron chi connectivity index (χ4n) is 2.76. The van der Waals surface area contributed by atoms with E-state index in [0.29, 0.717) is 30.2 Å². The van der Waals surface area contributed by atoms with E-state index in [4.69, 9.17) is 10.2 Å². The van der Waals surface area contributed by atoms with E-state index in [9.17, 15) is 8.42 Å². The molecule has 6 nitrogen and oxygen atoms in total. The van der Waals surface area contributed by atoms with Gasteiger partial charge in [-0.15, -0.1) is 0 Å². The number of sulfonamides is 1. The molecule has 0 amide bonds. The SMILES string of the molecule is Cc1oc(C)c(S(=O)(=O)N2CCC(N(C)C)C2)c1CN. The molecule has 20 heavy (non-hydrogen) atoms. The molecule has 1 saturated heterocycles. The summed E-state index contributed by atoms with van der Waals surface area (Å²) in [6.45, 7) is 4.66. The van der Waals surface area contributed by atoms with Gasteiger partial charge in [0.25, 0.3) is 0 Å². The van der Waals surface area contributed by atoms with Crippen LogP contribution in [0, 0.1) is 13.8 Å². The molecular formula is C13H23N3O3S. The summed E-state index contributed by atoms with van der Waals surface area (Å²) in [5.74, 6) is 1.02. The van der Waals surface area contributed by atoms with Crippen LogP contribution in [0.4, 0.5) is 0 Å². The molecular weight excluding hydrogens is 278 g/mol. The van der Waals surface area contributed by atoms with Crippen LogP contribution in [0.15, 0.2) is 9.31 Å². The Kier molecular flexibility index (Phi) is 4.24. The third-order valence-electron chi connectivity index (χ3n) is 3.98. The van der Waals surface area contributed by atoms with Crippen LogP contribution in [0.3, 0.4) is 0 Å². The summed E-state index contributed by atoms with van der Waals surface area (Å²) in [5, 5.41) is 0. The molecule has 0 saturated carbocycles. The van der Waals surface area contributed by atoms with E-state index >= 15 is 0 Å². The molecule has 7 heteroatoms. The van der Waals surface area contributed by atoms with E-state index < -0.39 is 10.0 Å². The van der Waals surface area contributed by atoms with Gasteiger partial charge in [0.2, 0.25) is 10.0 Å². The van der Waals surface area contributed by atoms with Crippen LogP contribution in [0.5, 0.6) is 0 Å². The van der Waals surface area contributed by atoms with Gasteiger partial charge in [0.1, 0.15) is 16.4 Å². The van der Waals surface area contributed by atoms with Crippen molar-refractivity contribution in [1.82, 2.24) is 9.21 Å². The lowest BCUT2D eigenvalue weighted by molar-refractivity contribution is 0.302. The minimum atomic E-state index is -3.52. The van der Waals surface area contributed by atoms with E-state index in [2.05, 4.69) is 4.90 Å². The molecule has 2 N–H and O–H groups in total. The molecule has 2 heterocycles. The largest absolute Gasteiger partial charge is 0.465 e. The van der Waals surface area contributed by atoms with Gasteiger partial charge in [-0.3, -0.25) is 0 Å². The van der Waals surface area contributed by atoms with Gasteiger partial charge < -0.3 is 15.1 Å². The minimum absolute atomic E-state index is 0.169. The molecule has 1 aliphatic rings. The summed E-state index contributed by atoms with van der Waals surface area (Å²) in [6.07, 6.45) is 0.847. The number of nitrogens with zero attached hydrogens (tertiary/aromatic N) is 2. The Morgan fingerprint density at radius 3 is 2.50 bits per heavy atom. The lowest BCUT2D eigenvalue weighted by atomic mass is 10.2. The molecule has 1 aromatic heterocycles. The van der Waals surface area contributed by atoms with Crippen LogP contribution in [-0.2, 0) is 16.6 Å². The molecule has 1 unspecified atom stereocenters. The smallest absolute Gasteiger partial charge is 0.246 e. The summed E-state index contributed by atoms with van der Waals surface area (Å²) in [5.41, 5.74) is 6.28. The highest BCUT2D eigenvalue weighted by atomic mass is 32.2. The summed E-state index contributed by atoms with van der Waals surface area (Å²) in [7, 11) is 0.418. The number of hydrogen-bond donors (Lipinski definition) is 1. The molecule has 2 rings (SSSR count). The maximum atomic E-state index is 12.8. The molecule has 0 radical (unpaired) electrons. The molecule has 114 valence electrons. The number of furan rings is 1. The van der Waals surface area contributed by atoms with E-state index in [-0.39, 0.29) is 17.5 Å². The molecule has 0 aromatic carbocycles. The number of hydrogen-bond acceptors (Lipinski definition) is 5. The van der Waals surface area contributed by atoms with Crippen molar-refractivity contribution in [3.05, 3.63) is 17.1 Å². The maximum absolute atomic E-state index is 12.8. The predicted octanol–water partition coefficient (Wildman–Crippen LogP) is 0.680. The first-order valence-corrected chi connectivity index (χ1v) is 8.18. The van der Waals surface area contributed by atoms with Crippen LogP contribution >= 0.6 is 0 Å². The van der Waals surface area contributed by atoms with Crippen LogP contribution in [-0.4, -0.2) is 50.8 Å². The Morgan fingerprint density at radius 2 is 2.00 bits per heavy atom. The molecule has 1 fully saturated rings. The highest BCUT2D eigenvalue weighted by molar-refractivity contribution is 7.89. The van der Waals surface area contributed by atoms with Gasteiger partial charge in [-0.2, -0.15) is 4.31 Å². The number of aryl methyl sites for hydroxylation is 2. The van der Waals surface area contributed by atoms with Crippen molar-refractivity contribution in [2.75, 3.05) is 27.2 Å². The van der Waals surface area contributed by atoms with E-state index in [0.717, 1.165) is 6.42 Å². The third-order valence-corrected chi connectivity index (χ3v) is 6.04. The van der Waals surface area contributed by atoms with Gasteiger partial charge in [-0.25, -0.2) is 8.42 Å². The van der Waals surface area contributed by atoms with Gasteiger partial charge in [0.15, 0.2) is 0 Å². The molecule has 0 aliphatic carbocycles. The molecule has 0 bridgehead atoms. The zero-order valence-corrected chi connectivity index (χ0v) is 13.3. The first-order valence-electron chi connectivity index (χ1n) is 6.74. The zero-order chi connectivity index (χ0) is 15.1. The Bertz CT molecular complexity index is 592. The number of likely N-dealkylation sites (N-methyl/N-ethyl adjacent to an activating group) is 1. The van der Waals surface area contributed by atoms with E-state index in [1.807, 2.05) is 14.1 Å². The van der Waals surface area contributed by atoms with E-state index in [1.165, 1.54) is 4.31 Å². The van der Waals surface area contributed by atoms with Gasteiger partial charge in [-0.05, 0) is 34.4 Å². The van der Waals surface area contributed by atoms with Gasteiger partial charge in [0, 0.05) is 31.2 Å². The van der Waals surface area contributed by atoms with Crippen molar-refractivity contribution in [3.63, 3.8) is 0 Å². The first-order chi connectivity index (χ1) is 9.28. The van der Waals surface area contributed by atoms with E-state index in [1.54, 1.807) is 13.8 Å². The Labute approximate surface area is 120 Å². The third kappa shape index (κ3) is 2.50. The second-order valence-corrected chi connectivity index (χ2v) is 7.37. The van der Waals surface area contributed by atoms with Crippen molar-refractivity contribution >= 4 is 10.0 Å². The molecule has 1 aromatic rings. The highest BCUT2D eigenvalue weighted by Gasteiger charge is 2.37. The maximum Gasteiger partial charge on any atom is 0.246 e. The summed E-state index contributed by atoms with van der Waals surface area (Å²) in [4.78, 5) is 2.32. The Hall–Kier alpha value is -0.890. The molecule has 0 spiro atoms. The average molecular weight is 301 g/mol. The van der Waals surface area contributed by atoms with Crippen molar-refractivity contribution in [2.24, 2.45) is 5.73 Å². The van der Waals surface area contributed by atoms with Crippen molar-refractivity contribution in [2.45, 2.75) is 37.8 Å². The standard InChI is InChI=1S/C13H23N3O3S/c1-9-12(7-14)13(10(2)19-9)20(17,18)16-6-5-11(8-16)15(3)4/h11H,5-8,14H2,1-4H3. The lowest BCUT2D eigenvalue weighted by Crippen LogP contribution is -2.35. The Morgan fingerprint density at radius 1 is 1.35 bits per heavy atom. The van der Waals surface area contributed by atoms with Crippen LogP contribution < -0.4 is 5.73 Å². The Balaban J connectivity index is 2.37. The highest BCUT2D eigenvalue weighted by Crippen LogP contribution is 2.31. The van der Waals surface area contributed by atoms with Gasteiger partial charge >= 0.3 is 0 Å². The first kappa shape index (κ1) is 15.5. The van der Waals surface area contributed by atoms with Crippen molar-refractivity contribution < 1.29 is 12.8 Å². The number of rotatable bonds is 4. The van der Waals surface area contributed by atoms with Crippen LogP contribution in [0.25, 0.3) is 0 Å².